The normalized spacial score (nSPS) is 26.7. The zero-order valence-electron chi connectivity index (χ0n) is 11.0. The van der Waals surface area contributed by atoms with Crippen molar-refractivity contribution in [2.45, 2.75) is 58.0 Å². The second-order valence-electron chi connectivity index (χ2n) is 5.30. The lowest BCUT2D eigenvalue weighted by molar-refractivity contribution is 0.273. The molecule has 1 heterocycles. The molecule has 2 heteroatoms. The van der Waals surface area contributed by atoms with Crippen LogP contribution in [0.3, 0.4) is 0 Å². The molecule has 1 aromatic heterocycles. The van der Waals surface area contributed by atoms with Crippen LogP contribution in [0.25, 0.3) is 0 Å². The molecule has 0 bridgehead atoms. The third-order valence-corrected chi connectivity index (χ3v) is 4.09. The Bertz CT molecular complexity index is 315. The molecule has 0 saturated heterocycles. The molecule has 17 heavy (non-hydrogen) atoms. The van der Waals surface area contributed by atoms with Crippen LogP contribution in [0.15, 0.2) is 24.5 Å². The molecular weight excluding hydrogens is 208 g/mol. The highest BCUT2D eigenvalue weighted by Gasteiger charge is 2.21. The van der Waals surface area contributed by atoms with E-state index in [-0.39, 0.29) is 0 Å². The molecule has 1 aromatic rings. The maximum Gasteiger partial charge on any atom is 0.0315 e. The largest absolute Gasteiger partial charge is 0.307 e. The Morgan fingerprint density at radius 1 is 1.35 bits per heavy atom. The van der Waals surface area contributed by atoms with Gasteiger partial charge in [0, 0.05) is 24.5 Å². The summed E-state index contributed by atoms with van der Waals surface area (Å²) in [6, 6.07) is 5.30. The van der Waals surface area contributed by atoms with Crippen LogP contribution >= 0.6 is 0 Å². The van der Waals surface area contributed by atoms with Crippen molar-refractivity contribution in [1.29, 1.82) is 0 Å². The molecule has 1 N–H and O–H groups in total. The van der Waals surface area contributed by atoms with Crippen molar-refractivity contribution < 1.29 is 0 Å². The van der Waals surface area contributed by atoms with Crippen LogP contribution in [0, 0.1) is 5.92 Å². The lowest BCUT2D eigenvalue weighted by atomic mass is 9.84. The van der Waals surface area contributed by atoms with Gasteiger partial charge in [0.2, 0.25) is 0 Å². The summed E-state index contributed by atoms with van der Waals surface area (Å²) in [5.41, 5.74) is 1.30. The van der Waals surface area contributed by atoms with Crippen LogP contribution < -0.4 is 5.32 Å². The van der Waals surface area contributed by atoms with Gasteiger partial charge in [-0.1, -0.05) is 19.4 Å². The molecule has 1 aliphatic rings. The second kappa shape index (κ2) is 6.15. The summed E-state index contributed by atoms with van der Waals surface area (Å²) < 4.78 is 0. The van der Waals surface area contributed by atoms with E-state index in [1.54, 1.807) is 0 Å². The molecule has 1 fully saturated rings. The van der Waals surface area contributed by atoms with Gasteiger partial charge in [0.15, 0.2) is 0 Å². The van der Waals surface area contributed by atoms with Gasteiger partial charge in [0.25, 0.3) is 0 Å². The fourth-order valence-electron chi connectivity index (χ4n) is 2.82. The maximum atomic E-state index is 4.18. The van der Waals surface area contributed by atoms with Gasteiger partial charge in [-0.25, -0.2) is 0 Å². The Hall–Kier alpha value is -0.890. The minimum Gasteiger partial charge on any atom is -0.307 e. The minimum atomic E-state index is 0.423. The van der Waals surface area contributed by atoms with E-state index in [1.807, 2.05) is 18.5 Å². The van der Waals surface area contributed by atoms with Crippen LogP contribution in [0.5, 0.6) is 0 Å². The van der Waals surface area contributed by atoms with Crippen molar-refractivity contribution in [3.05, 3.63) is 30.1 Å². The Kier molecular flexibility index (Phi) is 4.55. The standard InChI is InChI=1S/C15H24N2/c1-3-13-6-8-15(9-7-13)17-12(2)14-5-4-10-16-11-14/h4-5,10-13,15,17H,3,6-9H2,1-2H3/t12-,13?,15?/m0/s1. The monoisotopic (exact) mass is 232 g/mol. The fourth-order valence-corrected chi connectivity index (χ4v) is 2.82. The number of pyridine rings is 1. The van der Waals surface area contributed by atoms with Crippen molar-refractivity contribution in [1.82, 2.24) is 10.3 Å². The van der Waals surface area contributed by atoms with Gasteiger partial charge >= 0.3 is 0 Å². The topological polar surface area (TPSA) is 24.9 Å². The number of nitrogens with one attached hydrogen (secondary N) is 1. The summed E-state index contributed by atoms with van der Waals surface area (Å²) in [5, 5.41) is 3.74. The molecule has 2 rings (SSSR count). The number of hydrogen-bond donors (Lipinski definition) is 1. The third-order valence-electron chi connectivity index (χ3n) is 4.09. The molecule has 0 unspecified atom stereocenters. The minimum absolute atomic E-state index is 0.423. The molecule has 1 saturated carbocycles. The molecule has 0 radical (unpaired) electrons. The first-order valence-electron chi connectivity index (χ1n) is 6.95. The lowest BCUT2D eigenvalue weighted by Gasteiger charge is -2.30. The number of nitrogens with zero attached hydrogens (tertiary/aromatic N) is 1. The molecule has 0 spiro atoms. The smallest absolute Gasteiger partial charge is 0.0315 e. The van der Waals surface area contributed by atoms with E-state index in [2.05, 4.69) is 30.2 Å². The maximum absolute atomic E-state index is 4.18. The fraction of sp³-hybridized carbons (Fsp3) is 0.667. The third kappa shape index (κ3) is 3.53. The van der Waals surface area contributed by atoms with Gasteiger partial charge in [-0.2, -0.15) is 0 Å². The van der Waals surface area contributed by atoms with Crippen LogP contribution in [-0.2, 0) is 0 Å². The van der Waals surface area contributed by atoms with E-state index in [0.717, 1.165) is 5.92 Å². The van der Waals surface area contributed by atoms with E-state index in [9.17, 15) is 0 Å². The van der Waals surface area contributed by atoms with Gasteiger partial charge in [-0.15, -0.1) is 0 Å². The molecular formula is C15H24N2. The summed E-state index contributed by atoms with van der Waals surface area (Å²) in [7, 11) is 0. The Morgan fingerprint density at radius 2 is 2.12 bits per heavy atom. The van der Waals surface area contributed by atoms with E-state index in [0.29, 0.717) is 12.1 Å². The van der Waals surface area contributed by atoms with Crippen molar-refractivity contribution in [3.63, 3.8) is 0 Å². The number of rotatable bonds is 4. The molecule has 2 nitrogen and oxygen atoms in total. The Morgan fingerprint density at radius 3 is 2.71 bits per heavy atom. The second-order valence-corrected chi connectivity index (χ2v) is 5.30. The first kappa shape index (κ1) is 12.6. The van der Waals surface area contributed by atoms with E-state index >= 15 is 0 Å². The van der Waals surface area contributed by atoms with Crippen molar-refractivity contribution in [2.75, 3.05) is 0 Å². The molecule has 1 aliphatic carbocycles. The first-order valence-corrected chi connectivity index (χ1v) is 6.95. The highest BCUT2D eigenvalue weighted by molar-refractivity contribution is 5.13. The van der Waals surface area contributed by atoms with E-state index in [4.69, 9.17) is 0 Å². The van der Waals surface area contributed by atoms with Crippen molar-refractivity contribution >= 4 is 0 Å². The van der Waals surface area contributed by atoms with Crippen LogP contribution in [-0.4, -0.2) is 11.0 Å². The molecule has 0 aliphatic heterocycles. The molecule has 0 amide bonds. The van der Waals surface area contributed by atoms with Crippen LogP contribution in [0.4, 0.5) is 0 Å². The highest BCUT2D eigenvalue weighted by atomic mass is 14.9. The quantitative estimate of drug-likeness (QED) is 0.856. The predicted octanol–water partition coefficient (Wildman–Crippen LogP) is 3.70. The number of hydrogen-bond acceptors (Lipinski definition) is 2. The molecule has 94 valence electrons. The van der Waals surface area contributed by atoms with Crippen molar-refractivity contribution in [2.24, 2.45) is 5.92 Å². The zero-order chi connectivity index (χ0) is 12.1. The summed E-state index contributed by atoms with van der Waals surface area (Å²) in [5.74, 6) is 0.974. The summed E-state index contributed by atoms with van der Waals surface area (Å²) in [4.78, 5) is 4.18. The summed E-state index contributed by atoms with van der Waals surface area (Å²) in [6.45, 7) is 4.56. The van der Waals surface area contributed by atoms with Gasteiger partial charge in [0.1, 0.15) is 0 Å². The van der Waals surface area contributed by atoms with Crippen LogP contribution in [0.2, 0.25) is 0 Å². The summed E-state index contributed by atoms with van der Waals surface area (Å²) >= 11 is 0. The highest BCUT2D eigenvalue weighted by Crippen LogP contribution is 2.27. The number of aromatic nitrogens is 1. The van der Waals surface area contributed by atoms with Gasteiger partial charge in [0.05, 0.1) is 0 Å². The predicted molar refractivity (Wildman–Crippen MR) is 71.8 cm³/mol. The van der Waals surface area contributed by atoms with E-state index in [1.165, 1.54) is 37.7 Å². The van der Waals surface area contributed by atoms with Crippen molar-refractivity contribution in [3.8, 4) is 0 Å². The Balaban J connectivity index is 1.82. The molecule has 0 aromatic carbocycles. The molecule has 1 atom stereocenters. The zero-order valence-corrected chi connectivity index (χ0v) is 11.0. The average Bonchev–Trinajstić information content (AvgIpc) is 2.40. The lowest BCUT2D eigenvalue weighted by Crippen LogP contribution is -2.34. The Labute approximate surface area is 105 Å². The van der Waals surface area contributed by atoms with Gasteiger partial charge in [-0.05, 0) is 50.2 Å². The first-order chi connectivity index (χ1) is 8.29. The van der Waals surface area contributed by atoms with E-state index < -0.39 is 0 Å². The van der Waals surface area contributed by atoms with Crippen LogP contribution in [0.1, 0.15) is 57.6 Å². The summed E-state index contributed by atoms with van der Waals surface area (Å²) in [6.07, 6.45) is 10.6. The van der Waals surface area contributed by atoms with Gasteiger partial charge in [-0.3, -0.25) is 4.98 Å². The SMILES string of the molecule is CCC1CCC(N[C@@H](C)c2cccnc2)CC1. The van der Waals surface area contributed by atoms with Gasteiger partial charge < -0.3 is 5.32 Å². The average molecular weight is 232 g/mol.